The predicted octanol–water partition coefficient (Wildman–Crippen LogP) is 3.77. The van der Waals surface area contributed by atoms with Crippen molar-refractivity contribution in [3.8, 4) is 0 Å². The minimum absolute atomic E-state index is 0.00208. The molecule has 4 aromatic rings. The number of aryl methyl sites for hydroxylation is 1. The molecule has 0 saturated heterocycles. The minimum Gasteiger partial charge on any atom is -0.361 e. The van der Waals surface area contributed by atoms with Gasteiger partial charge in [0.25, 0.3) is 5.56 Å². The van der Waals surface area contributed by atoms with E-state index < -0.39 is 0 Å². The Kier molecular flexibility index (Phi) is 5.16. The quantitative estimate of drug-likeness (QED) is 0.527. The topological polar surface area (TPSA) is 81.8 Å². The molecule has 0 aliphatic heterocycles. The molecule has 1 amide bonds. The number of hydrogen-bond donors (Lipinski definition) is 2. The normalized spacial score (nSPS) is 11.4. The predicted molar refractivity (Wildman–Crippen MR) is 115 cm³/mol. The Balaban J connectivity index is 1.51. The van der Waals surface area contributed by atoms with Gasteiger partial charge in [-0.05, 0) is 44.0 Å². The molecule has 2 aromatic heterocycles. The maximum Gasteiger partial charge on any atom is 0.258 e. The molecule has 0 aliphatic rings. The lowest BCUT2D eigenvalue weighted by molar-refractivity contribution is -0.133. The van der Waals surface area contributed by atoms with Gasteiger partial charge in [0, 0.05) is 29.6 Å². The lowest BCUT2D eigenvalue weighted by atomic mass is 10.1. The number of aromatic amines is 2. The maximum atomic E-state index is 13.0. The van der Waals surface area contributed by atoms with E-state index in [1.54, 1.807) is 11.0 Å². The molecule has 2 heterocycles. The summed E-state index contributed by atoms with van der Waals surface area (Å²) < 4.78 is 0. The molecule has 0 unspecified atom stereocenters. The summed E-state index contributed by atoms with van der Waals surface area (Å²) >= 11 is 0. The molecule has 0 bridgehead atoms. The maximum absolute atomic E-state index is 13.0. The number of H-pyrrole nitrogens is 2. The second-order valence-electron chi connectivity index (χ2n) is 7.50. The van der Waals surface area contributed by atoms with Crippen molar-refractivity contribution in [2.24, 2.45) is 0 Å². The fourth-order valence-corrected chi connectivity index (χ4v) is 3.65. The second kappa shape index (κ2) is 7.91. The lowest BCUT2D eigenvalue weighted by Crippen LogP contribution is -2.37. The number of nitrogens with one attached hydrogen (secondary N) is 2. The van der Waals surface area contributed by atoms with Crippen molar-refractivity contribution in [2.45, 2.75) is 39.3 Å². The van der Waals surface area contributed by atoms with Crippen LogP contribution in [0.5, 0.6) is 0 Å². The number of carbonyl (C=O) groups excluding carboxylic acids is 1. The van der Waals surface area contributed by atoms with E-state index in [4.69, 9.17) is 0 Å². The molecule has 2 N–H and O–H groups in total. The molecule has 0 atom stereocenters. The highest BCUT2D eigenvalue weighted by atomic mass is 16.2. The molecule has 0 saturated carbocycles. The fourth-order valence-electron chi connectivity index (χ4n) is 3.65. The van der Waals surface area contributed by atoms with E-state index in [0.29, 0.717) is 29.6 Å². The van der Waals surface area contributed by atoms with Gasteiger partial charge in [0.15, 0.2) is 0 Å². The first kappa shape index (κ1) is 18.9. The molecule has 6 nitrogen and oxygen atoms in total. The zero-order valence-electron chi connectivity index (χ0n) is 16.6. The molecule has 0 spiro atoms. The summed E-state index contributed by atoms with van der Waals surface area (Å²) in [5.74, 6) is 0.545. The van der Waals surface area contributed by atoms with Gasteiger partial charge in [-0.1, -0.05) is 30.3 Å². The Labute approximate surface area is 168 Å². The number of benzene rings is 2. The number of rotatable bonds is 6. The van der Waals surface area contributed by atoms with Crippen LogP contribution in [0, 0.1) is 0 Å². The number of carbonyl (C=O) groups is 1. The third-order valence-corrected chi connectivity index (χ3v) is 5.21. The van der Waals surface area contributed by atoms with Crippen molar-refractivity contribution in [1.29, 1.82) is 0 Å². The Morgan fingerprint density at radius 1 is 1.07 bits per heavy atom. The zero-order chi connectivity index (χ0) is 20.4. The number of hydrogen-bond acceptors (Lipinski definition) is 3. The van der Waals surface area contributed by atoms with Crippen molar-refractivity contribution in [2.75, 3.05) is 0 Å². The van der Waals surface area contributed by atoms with Crippen LogP contribution in [-0.2, 0) is 17.8 Å². The first-order valence-corrected chi connectivity index (χ1v) is 9.85. The van der Waals surface area contributed by atoms with Gasteiger partial charge in [0.05, 0.1) is 17.4 Å². The molecular weight excluding hydrogens is 364 g/mol. The summed E-state index contributed by atoms with van der Waals surface area (Å²) in [4.78, 5) is 37.7. The van der Waals surface area contributed by atoms with Crippen LogP contribution in [-0.4, -0.2) is 31.8 Å². The number of amides is 1. The van der Waals surface area contributed by atoms with E-state index in [2.05, 4.69) is 21.0 Å². The van der Waals surface area contributed by atoms with Crippen molar-refractivity contribution in [1.82, 2.24) is 19.9 Å². The van der Waals surface area contributed by atoms with Crippen molar-refractivity contribution in [3.05, 3.63) is 76.5 Å². The molecule has 6 heteroatoms. The van der Waals surface area contributed by atoms with Gasteiger partial charge in [0.2, 0.25) is 5.91 Å². The molecule has 0 aliphatic carbocycles. The van der Waals surface area contributed by atoms with E-state index in [1.807, 2.05) is 56.4 Å². The molecular formula is C23H24N4O2. The standard InChI is InChI=1S/C23H24N4O2/c1-15(2)27(14-21-25-20-10-6-4-8-18(20)23(29)26-21)22(28)12-11-16-13-24-19-9-5-3-7-17(16)19/h3-10,13,15,24H,11-12,14H2,1-2H3,(H,25,26,29). The third kappa shape index (κ3) is 3.92. The van der Waals surface area contributed by atoms with Crippen LogP contribution in [0.15, 0.2) is 59.5 Å². The second-order valence-corrected chi connectivity index (χ2v) is 7.50. The summed E-state index contributed by atoms with van der Waals surface area (Å²) in [6, 6.07) is 15.3. The smallest absolute Gasteiger partial charge is 0.258 e. The highest BCUT2D eigenvalue weighted by Crippen LogP contribution is 2.20. The van der Waals surface area contributed by atoms with E-state index in [0.717, 1.165) is 16.5 Å². The van der Waals surface area contributed by atoms with Crippen LogP contribution < -0.4 is 5.56 Å². The van der Waals surface area contributed by atoms with Gasteiger partial charge in [0.1, 0.15) is 5.82 Å². The highest BCUT2D eigenvalue weighted by Gasteiger charge is 2.19. The van der Waals surface area contributed by atoms with Gasteiger partial charge in [-0.15, -0.1) is 0 Å². The summed E-state index contributed by atoms with van der Waals surface area (Å²) in [6.45, 7) is 4.23. The van der Waals surface area contributed by atoms with E-state index >= 15 is 0 Å². The molecule has 148 valence electrons. The lowest BCUT2D eigenvalue weighted by Gasteiger charge is -2.26. The van der Waals surface area contributed by atoms with Gasteiger partial charge >= 0.3 is 0 Å². The number of fused-ring (bicyclic) bond motifs is 2. The van der Waals surface area contributed by atoms with Crippen LogP contribution in [0.3, 0.4) is 0 Å². The van der Waals surface area contributed by atoms with Crippen molar-refractivity contribution < 1.29 is 4.79 Å². The SMILES string of the molecule is CC(C)N(Cc1nc2ccccc2c(=O)[nH]1)C(=O)CCc1c[nH]c2ccccc12. The van der Waals surface area contributed by atoms with Gasteiger partial charge in [-0.2, -0.15) is 0 Å². The van der Waals surface area contributed by atoms with Crippen LogP contribution in [0.25, 0.3) is 21.8 Å². The monoisotopic (exact) mass is 388 g/mol. The third-order valence-electron chi connectivity index (χ3n) is 5.21. The van der Waals surface area contributed by atoms with E-state index in [1.165, 1.54) is 0 Å². The number of para-hydroxylation sites is 2. The Morgan fingerprint density at radius 3 is 2.59 bits per heavy atom. The van der Waals surface area contributed by atoms with Crippen LogP contribution in [0.4, 0.5) is 0 Å². The molecule has 4 rings (SSSR count). The molecule has 2 aromatic carbocycles. The number of aromatic nitrogens is 3. The van der Waals surface area contributed by atoms with Crippen molar-refractivity contribution >= 4 is 27.7 Å². The average molecular weight is 388 g/mol. The van der Waals surface area contributed by atoms with Gasteiger partial charge < -0.3 is 14.9 Å². The van der Waals surface area contributed by atoms with E-state index in [9.17, 15) is 9.59 Å². The molecule has 0 fully saturated rings. The van der Waals surface area contributed by atoms with Gasteiger partial charge in [-0.3, -0.25) is 9.59 Å². The Hall–Kier alpha value is -3.41. The fraction of sp³-hybridized carbons (Fsp3) is 0.261. The largest absolute Gasteiger partial charge is 0.361 e. The van der Waals surface area contributed by atoms with Crippen LogP contribution in [0.2, 0.25) is 0 Å². The first-order chi connectivity index (χ1) is 14.0. The number of nitrogens with zero attached hydrogens (tertiary/aromatic N) is 2. The summed E-state index contributed by atoms with van der Waals surface area (Å²) in [7, 11) is 0. The van der Waals surface area contributed by atoms with Crippen molar-refractivity contribution in [3.63, 3.8) is 0 Å². The summed E-state index contributed by atoms with van der Waals surface area (Å²) in [5.41, 5.74) is 2.67. The summed E-state index contributed by atoms with van der Waals surface area (Å²) in [6.07, 6.45) is 3.03. The summed E-state index contributed by atoms with van der Waals surface area (Å²) in [5, 5.41) is 1.70. The van der Waals surface area contributed by atoms with Gasteiger partial charge in [-0.25, -0.2) is 4.98 Å². The van der Waals surface area contributed by atoms with Crippen LogP contribution in [0.1, 0.15) is 31.7 Å². The first-order valence-electron chi connectivity index (χ1n) is 9.85. The molecule has 29 heavy (non-hydrogen) atoms. The van der Waals surface area contributed by atoms with Crippen LogP contribution >= 0.6 is 0 Å². The highest BCUT2D eigenvalue weighted by molar-refractivity contribution is 5.84. The molecule has 0 radical (unpaired) electrons. The Bertz CT molecular complexity index is 1220. The zero-order valence-corrected chi connectivity index (χ0v) is 16.6. The minimum atomic E-state index is -0.180. The average Bonchev–Trinajstić information content (AvgIpc) is 3.13. The Morgan fingerprint density at radius 2 is 1.79 bits per heavy atom. The van der Waals surface area contributed by atoms with E-state index in [-0.39, 0.29) is 24.1 Å².